The molecule has 27 heavy (non-hydrogen) atoms. The van der Waals surface area contributed by atoms with Gasteiger partial charge in [0.05, 0.1) is 12.2 Å². The number of rotatable bonds is 11. The van der Waals surface area contributed by atoms with Crippen LogP contribution in [0.1, 0.15) is 57.2 Å². The molecule has 3 nitrogen and oxygen atoms in total. The highest BCUT2D eigenvalue weighted by atomic mass is 16.5. The number of benzene rings is 2. The molecule has 3 heteroatoms. The van der Waals surface area contributed by atoms with Crippen LogP contribution in [0.2, 0.25) is 0 Å². The van der Waals surface area contributed by atoms with Crippen LogP contribution in [0.3, 0.4) is 0 Å². The van der Waals surface area contributed by atoms with Crippen LogP contribution in [-0.4, -0.2) is 18.8 Å². The summed E-state index contributed by atoms with van der Waals surface area (Å²) in [6, 6.07) is 14.8. The second kappa shape index (κ2) is 11.0. The molecule has 0 aromatic heterocycles. The van der Waals surface area contributed by atoms with Gasteiger partial charge < -0.3 is 14.8 Å². The second-order valence-electron chi connectivity index (χ2n) is 7.30. The lowest BCUT2D eigenvalue weighted by atomic mass is 10.1. The molecule has 0 aliphatic rings. The Labute approximate surface area is 165 Å². The Bertz CT molecular complexity index is 699. The molecule has 0 fully saturated rings. The zero-order valence-corrected chi connectivity index (χ0v) is 17.5. The summed E-state index contributed by atoms with van der Waals surface area (Å²) >= 11 is 0. The lowest BCUT2D eigenvalue weighted by Crippen LogP contribution is -2.19. The summed E-state index contributed by atoms with van der Waals surface area (Å²) in [5.41, 5.74) is 3.93. The molecule has 0 radical (unpaired) electrons. The van der Waals surface area contributed by atoms with Gasteiger partial charge in [0.2, 0.25) is 0 Å². The van der Waals surface area contributed by atoms with Gasteiger partial charge >= 0.3 is 0 Å². The zero-order valence-electron chi connectivity index (χ0n) is 17.5. The summed E-state index contributed by atoms with van der Waals surface area (Å²) in [7, 11) is 0. The van der Waals surface area contributed by atoms with E-state index in [0.29, 0.717) is 0 Å². The lowest BCUT2D eigenvalue weighted by molar-refractivity contribution is 0.203. The summed E-state index contributed by atoms with van der Waals surface area (Å²) in [5.74, 6) is 1.81. The molecular weight excluding hydrogens is 334 g/mol. The molecule has 0 heterocycles. The molecule has 0 saturated carbocycles. The Balaban J connectivity index is 1.99. The summed E-state index contributed by atoms with van der Waals surface area (Å²) in [4.78, 5) is 0. The first-order valence-corrected chi connectivity index (χ1v) is 10.2. The van der Waals surface area contributed by atoms with Crippen molar-refractivity contribution in [3.05, 3.63) is 59.2 Å². The van der Waals surface area contributed by atoms with Gasteiger partial charge in [-0.3, -0.25) is 0 Å². The minimum Gasteiger partial charge on any atom is -0.491 e. The molecule has 0 aliphatic heterocycles. The second-order valence-corrected chi connectivity index (χ2v) is 7.30. The monoisotopic (exact) mass is 369 g/mol. The van der Waals surface area contributed by atoms with E-state index in [1.54, 1.807) is 0 Å². The number of nitrogens with one attached hydrogen (secondary N) is 1. The summed E-state index contributed by atoms with van der Waals surface area (Å²) in [6.45, 7) is 12.4. The van der Waals surface area contributed by atoms with Crippen LogP contribution >= 0.6 is 0 Å². The maximum atomic E-state index is 6.16. The quantitative estimate of drug-likeness (QED) is 0.517. The fraction of sp³-hybridized carbons (Fsp3) is 0.500. The maximum Gasteiger partial charge on any atom is 0.127 e. The van der Waals surface area contributed by atoms with E-state index in [2.05, 4.69) is 70.3 Å². The summed E-state index contributed by atoms with van der Waals surface area (Å²) < 4.78 is 12.1. The van der Waals surface area contributed by atoms with E-state index < -0.39 is 0 Å². The molecule has 2 rings (SSSR count). The number of hydrogen-bond donors (Lipinski definition) is 1. The Hall–Kier alpha value is -2.00. The highest BCUT2D eigenvalue weighted by Crippen LogP contribution is 2.27. The zero-order chi connectivity index (χ0) is 19.6. The van der Waals surface area contributed by atoms with Crippen LogP contribution < -0.4 is 14.8 Å². The van der Waals surface area contributed by atoms with Crippen LogP contribution in [0.5, 0.6) is 11.5 Å². The third kappa shape index (κ3) is 6.91. The predicted octanol–water partition coefficient (Wildman–Crippen LogP) is 5.68. The van der Waals surface area contributed by atoms with Gasteiger partial charge in [0, 0.05) is 18.2 Å². The van der Waals surface area contributed by atoms with Gasteiger partial charge in [-0.15, -0.1) is 0 Å². The number of ether oxygens (including phenoxy) is 2. The highest BCUT2D eigenvalue weighted by molar-refractivity contribution is 5.41. The van der Waals surface area contributed by atoms with Crippen LogP contribution in [-0.2, 0) is 13.0 Å². The van der Waals surface area contributed by atoms with Crippen molar-refractivity contribution < 1.29 is 9.47 Å². The molecule has 0 saturated heterocycles. The van der Waals surface area contributed by atoms with Gasteiger partial charge in [-0.05, 0) is 63.8 Å². The normalized spacial score (nSPS) is 13.2. The van der Waals surface area contributed by atoms with E-state index in [0.717, 1.165) is 43.9 Å². The van der Waals surface area contributed by atoms with Crippen molar-refractivity contribution in [2.45, 2.75) is 72.6 Å². The Morgan fingerprint density at radius 1 is 0.889 bits per heavy atom. The van der Waals surface area contributed by atoms with Gasteiger partial charge in [-0.2, -0.15) is 0 Å². The molecule has 2 aromatic rings. The van der Waals surface area contributed by atoms with E-state index >= 15 is 0 Å². The first-order chi connectivity index (χ1) is 13.0. The average Bonchev–Trinajstić information content (AvgIpc) is 2.67. The van der Waals surface area contributed by atoms with E-state index in [1.807, 2.05) is 12.1 Å². The van der Waals surface area contributed by atoms with Gasteiger partial charge in [0.1, 0.15) is 11.5 Å². The summed E-state index contributed by atoms with van der Waals surface area (Å²) in [6.07, 6.45) is 3.40. The molecule has 1 N–H and O–H groups in total. The van der Waals surface area contributed by atoms with Gasteiger partial charge in [-0.25, -0.2) is 0 Å². The fourth-order valence-electron chi connectivity index (χ4n) is 2.82. The van der Waals surface area contributed by atoms with E-state index in [1.165, 1.54) is 16.7 Å². The van der Waals surface area contributed by atoms with Gasteiger partial charge in [0.15, 0.2) is 0 Å². The van der Waals surface area contributed by atoms with E-state index in [4.69, 9.17) is 9.47 Å². The SMILES string of the molecule is CCC(C)Oc1ccc(CNCCc2ccccc2C)c(OC(C)CC)c1. The third-order valence-electron chi connectivity index (χ3n) is 5.00. The molecule has 0 amide bonds. The maximum absolute atomic E-state index is 6.16. The smallest absolute Gasteiger partial charge is 0.127 e. The van der Waals surface area contributed by atoms with Crippen molar-refractivity contribution in [2.24, 2.45) is 0 Å². The minimum absolute atomic E-state index is 0.189. The third-order valence-corrected chi connectivity index (χ3v) is 5.00. The average molecular weight is 370 g/mol. The lowest BCUT2D eigenvalue weighted by Gasteiger charge is -2.19. The van der Waals surface area contributed by atoms with Crippen LogP contribution in [0, 0.1) is 6.92 Å². The molecule has 0 aliphatic carbocycles. The number of hydrogen-bond acceptors (Lipinski definition) is 3. The number of aryl methyl sites for hydroxylation is 1. The fourth-order valence-corrected chi connectivity index (χ4v) is 2.82. The van der Waals surface area contributed by atoms with Crippen molar-refractivity contribution in [2.75, 3.05) is 6.54 Å². The van der Waals surface area contributed by atoms with Gasteiger partial charge in [0.25, 0.3) is 0 Å². The summed E-state index contributed by atoms with van der Waals surface area (Å²) in [5, 5.41) is 3.56. The Morgan fingerprint density at radius 3 is 2.30 bits per heavy atom. The Kier molecular flexibility index (Phi) is 8.66. The van der Waals surface area contributed by atoms with Crippen molar-refractivity contribution in [1.82, 2.24) is 5.32 Å². The Morgan fingerprint density at radius 2 is 1.59 bits per heavy atom. The standard InChI is InChI=1S/C24H35NO2/c1-6-19(4)26-23-13-12-22(24(16-23)27-20(5)7-2)17-25-15-14-21-11-9-8-10-18(21)3/h8-13,16,19-20,25H,6-7,14-15,17H2,1-5H3. The topological polar surface area (TPSA) is 30.5 Å². The predicted molar refractivity (Wildman–Crippen MR) is 114 cm³/mol. The highest BCUT2D eigenvalue weighted by Gasteiger charge is 2.11. The molecule has 0 spiro atoms. The van der Waals surface area contributed by atoms with Crippen LogP contribution in [0.25, 0.3) is 0 Å². The molecule has 2 aromatic carbocycles. The minimum atomic E-state index is 0.189. The van der Waals surface area contributed by atoms with Crippen LogP contribution in [0.4, 0.5) is 0 Å². The van der Waals surface area contributed by atoms with Crippen molar-refractivity contribution in [3.8, 4) is 11.5 Å². The molecular formula is C24H35NO2. The van der Waals surface area contributed by atoms with E-state index in [-0.39, 0.29) is 12.2 Å². The largest absolute Gasteiger partial charge is 0.491 e. The van der Waals surface area contributed by atoms with Crippen molar-refractivity contribution in [1.29, 1.82) is 0 Å². The van der Waals surface area contributed by atoms with Gasteiger partial charge in [-0.1, -0.05) is 44.2 Å². The molecule has 148 valence electrons. The van der Waals surface area contributed by atoms with Crippen molar-refractivity contribution >= 4 is 0 Å². The first-order valence-electron chi connectivity index (χ1n) is 10.2. The first kappa shape index (κ1) is 21.3. The molecule has 2 unspecified atom stereocenters. The van der Waals surface area contributed by atoms with Crippen molar-refractivity contribution in [3.63, 3.8) is 0 Å². The van der Waals surface area contributed by atoms with Crippen LogP contribution in [0.15, 0.2) is 42.5 Å². The van der Waals surface area contributed by atoms with E-state index in [9.17, 15) is 0 Å². The molecule has 0 bridgehead atoms. The molecule has 2 atom stereocenters.